The number of hydrogen-bond donors (Lipinski definition) is 1. The van der Waals surface area contributed by atoms with Crippen molar-refractivity contribution >= 4 is 35.0 Å². The van der Waals surface area contributed by atoms with Crippen LogP contribution in [0.2, 0.25) is 10.0 Å². The molecule has 2 aromatic carbocycles. The van der Waals surface area contributed by atoms with Crippen molar-refractivity contribution in [3.63, 3.8) is 0 Å². The van der Waals surface area contributed by atoms with Crippen molar-refractivity contribution in [1.29, 1.82) is 0 Å². The summed E-state index contributed by atoms with van der Waals surface area (Å²) < 4.78 is 0. The summed E-state index contributed by atoms with van der Waals surface area (Å²) in [6, 6.07) is 10.5. The molecule has 1 unspecified atom stereocenters. The number of nitrogens with zero attached hydrogens (tertiary/aromatic N) is 1. The first-order valence-electron chi connectivity index (χ1n) is 9.30. The van der Waals surface area contributed by atoms with Gasteiger partial charge < -0.3 is 10.2 Å². The van der Waals surface area contributed by atoms with Crippen molar-refractivity contribution in [2.45, 2.75) is 46.7 Å². The van der Waals surface area contributed by atoms with E-state index in [1.807, 2.05) is 39.0 Å². The average molecular weight is 421 g/mol. The van der Waals surface area contributed by atoms with E-state index in [-0.39, 0.29) is 24.8 Å². The molecule has 0 saturated heterocycles. The van der Waals surface area contributed by atoms with Crippen LogP contribution < -0.4 is 5.32 Å². The van der Waals surface area contributed by atoms with Gasteiger partial charge in [-0.2, -0.15) is 0 Å². The van der Waals surface area contributed by atoms with Gasteiger partial charge in [0.15, 0.2) is 0 Å². The number of likely N-dealkylation sites (N-methyl/N-ethyl adjacent to an activating group) is 1. The predicted octanol–water partition coefficient (Wildman–Crippen LogP) is 4.71. The lowest BCUT2D eigenvalue weighted by atomic mass is 10.0. The van der Waals surface area contributed by atoms with Gasteiger partial charge in [-0.3, -0.25) is 9.59 Å². The van der Waals surface area contributed by atoms with Gasteiger partial charge in [0, 0.05) is 23.1 Å². The number of amides is 2. The molecule has 0 aliphatic heterocycles. The molecule has 0 aliphatic carbocycles. The maximum atomic E-state index is 13.1. The quantitative estimate of drug-likeness (QED) is 0.704. The molecule has 0 aliphatic rings. The van der Waals surface area contributed by atoms with Gasteiger partial charge in [0.1, 0.15) is 6.04 Å². The second kappa shape index (κ2) is 9.94. The molecule has 2 rings (SSSR count). The number of benzene rings is 2. The van der Waals surface area contributed by atoms with Crippen molar-refractivity contribution in [2.75, 3.05) is 6.54 Å². The first-order chi connectivity index (χ1) is 13.2. The molecule has 0 radical (unpaired) electrons. The van der Waals surface area contributed by atoms with E-state index in [0.29, 0.717) is 16.6 Å². The molecule has 6 heteroatoms. The van der Waals surface area contributed by atoms with Crippen LogP contribution in [0.25, 0.3) is 0 Å². The third-order valence-electron chi connectivity index (χ3n) is 4.80. The van der Waals surface area contributed by atoms with Gasteiger partial charge in [-0.15, -0.1) is 0 Å². The first-order valence-corrected chi connectivity index (χ1v) is 10.1. The van der Waals surface area contributed by atoms with Crippen molar-refractivity contribution in [3.8, 4) is 0 Å². The SMILES string of the molecule is CCNC(=O)C(C)N(Cc1ccc(Cl)cc1Cl)C(=O)Cc1ccc(C)c(C)c1. The highest BCUT2D eigenvalue weighted by molar-refractivity contribution is 6.35. The third kappa shape index (κ3) is 5.73. The van der Waals surface area contributed by atoms with Crippen LogP contribution in [0.4, 0.5) is 0 Å². The summed E-state index contributed by atoms with van der Waals surface area (Å²) in [5, 5.41) is 3.78. The lowest BCUT2D eigenvalue weighted by Crippen LogP contribution is -2.48. The molecular weight excluding hydrogens is 395 g/mol. The van der Waals surface area contributed by atoms with Gasteiger partial charge in [-0.25, -0.2) is 0 Å². The molecule has 0 heterocycles. The Kier molecular flexibility index (Phi) is 7.90. The lowest BCUT2D eigenvalue weighted by molar-refractivity contribution is -0.140. The van der Waals surface area contributed by atoms with Crippen LogP contribution >= 0.6 is 23.2 Å². The van der Waals surface area contributed by atoms with Crippen molar-refractivity contribution < 1.29 is 9.59 Å². The molecule has 0 spiro atoms. The molecule has 150 valence electrons. The topological polar surface area (TPSA) is 49.4 Å². The average Bonchev–Trinajstić information content (AvgIpc) is 2.63. The largest absolute Gasteiger partial charge is 0.355 e. The summed E-state index contributed by atoms with van der Waals surface area (Å²) in [5.74, 6) is -0.325. The first kappa shape index (κ1) is 22.3. The monoisotopic (exact) mass is 420 g/mol. The zero-order chi connectivity index (χ0) is 20.8. The number of hydrogen-bond acceptors (Lipinski definition) is 2. The van der Waals surface area contributed by atoms with Crippen LogP contribution in [0.15, 0.2) is 36.4 Å². The summed E-state index contributed by atoms with van der Waals surface area (Å²) in [7, 11) is 0. The van der Waals surface area contributed by atoms with Crippen LogP contribution in [0.1, 0.15) is 36.1 Å². The molecule has 4 nitrogen and oxygen atoms in total. The second-order valence-corrected chi connectivity index (χ2v) is 7.77. The van der Waals surface area contributed by atoms with E-state index in [4.69, 9.17) is 23.2 Å². The number of carbonyl (C=O) groups is 2. The number of carbonyl (C=O) groups excluding carboxylic acids is 2. The minimum atomic E-state index is -0.620. The van der Waals surface area contributed by atoms with Gasteiger partial charge in [0.05, 0.1) is 6.42 Å². The minimum Gasteiger partial charge on any atom is -0.355 e. The molecule has 0 saturated carbocycles. The molecule has 0 aromatic heterocycles. The summed E-state index contributed by atoms with van der Waals surface area (Å²) in [5.41, 5.74) is 3.98. The van der Waals surface area contributed by atoms with Crippen LogP contribution in [-0.4, -0.2) is 29.3 Å². The number of nitrogens with one attached hydrogen (secondary N) is 1. The molecular formula is C22H26Cl2N2O2. The summed E-state index contributed by atoms with van der Waals surface area (Å²) in [6.45, 7) is 8.37. The summed E-state index contributed by atoms with van der Waals surface area (Å²) in [4.78, 5) is 27.1. The van der Waals surface area contributed by atoms with Crippen LogP contribution in [-0.2, 0) is 22.6 Å². The fourth-order valence-corrected chi connectivity index (χ4v) is 3.40. The Morgan fingerprint density at radius 3 is 2.39 bits per heavy atom. The van der Waals surface area contributed by atoms with Crippen molar-refractivity contribution in [2.24, 2.45) is 0 Å². The summed E-state index contributed by atoms with van der Waals surface area (Å²) in [6.07, 6.45) is 0.218. The smallest absolute Gasteiger partial charge is 0.242 e. The molecule has 28 heavy (non-hydrogen) atoms. The molecule has 2 aromatic rings. The van der Waals surface area contributed by atoms with Gasteiger partial charge in [-0.1, -0.05) is 47.5 Å². The van der Waals surface area contributed by atoms with E-state index in [1.54, 1.807) is 30.0 Å². The highest BCUT2D eigenvalue weighted by Gasteiger charge is 2.26. The summed E-state index contributed by atoms with van der Waals surface area (Å²) >= 11 is 12.3. The van der Waals surface area contributed by atoms with Crippen LogP contribution in [0.5, 0.6) is 0 Å². The lowest BCUT2D eigenvalue weighted by Gasteiger charge is -2.29. The van der Waals surface area contributed by atoms with E-state index in [1.165, 1.54) is 5.56 Å². The van der Waals surface area contributed by atoms with E-state index >= 15 is 0 Å². The second-order valence-electron chi connectivity index (χ2n) is 6.92. The van der Waals surface area contributed by atoms with Gasteiger partial charge in [0.2, 0.25) is 11.8 Å². The fourth-order valence-electron chi connectivity index (χ4n) is 2.93. The van der Waals surface area contributed by atoms with E-state index < -0.39 is 6.04 Å². The van der Waals surface area contributed by atoms with E-state index in [0.717, 1.165) is 16.7 Å². The van der Waals surface area contributed by atoms with Crippen LogP contribution in [0, 0.1) is 13.8 Å². The van der Waals surface area contributed by atoms with E-state index in [9.17, 15) is 9.59 Å². The zero-order valence-electron chi connectivity index (χ0n) is 16.7. The van der Waals surface area contributed by atoms with Crippen molar-refractivity contribution in [1.82, 2.24) is 10.2 Å². The molecule has 1 atom stereocenters. The highest BCUT2D eigenvalue weighted by atomic mass is 35.5. The van der Waals surface area contributed by atoms with Gasteiger partial charge >= 0.3 is 0 Å². The Balaban J connectivity index is 2.29. The van der Waals surface area contributed by atoms with Gasteiger partial charge in [-0.05, 0) is 62.1 Å². The highest BCUT2D eigenvalue weighted by Crippen LogP contribution is 2.23. The maximum Gasteiger partial charge on any atom is 0.242 e. The number of aryl methyl sites for hydroxylation is 2. The molecule has 0 bridgehead atoms. The molecule has 1 N–H and O–H groups in total. The Morgan fingerprint density at radius 1 is 1.07 bits per heavy atom. The van der Waals surface area contributed by atoms with Crippen molar-refractivity contribution in [3.05, 3.63) is 68.7 Å². The normalized spacial score (nSPS) is 11.8. The Morgan fingerprint density at radius 2 is 1.79 bits per heavy atom. The maximum absolute atomic E-state index is 13.1. The zero-order valence-corrected chi connectivity index (χ0v) is 18.2. The van der Waals surface area contributed by atoms with Crippen LogP contribution in [0.3, 0.4) is 0 Å². The van der Waals surface area contributed by atoms with Gasteiger partial charge in [0.25, 0.3) is 0 Å². The standard InChI is InChI=1S/C22H26Cl2N2O2/c1-5-25-22(28)16(4)26(13-18-8-9-19(23)12-20(18)24)21(27)11-17-7-6-14(2)15(3)10-17/h6-10,12,16H,5,11,13H2,1-4H3,(H,25,28). The Hall–Kier alpha value is -2.04. The predicted molar refractivity (Wildman–Crippen MR) is 115 cm³/mol. The Labute approximate surface area is 176 Å². The fraction of sp³-hybridized carbons (Fsp3) is 0.364. The van der Waals surface area contributed by atoms with E-state index in [2.05, 4.69) is 5.32 Å². The third-order valence-corrected chi connectivity index (χ3v) is 5.39. The Bertz CT molecular complexity index is 868. The number of halogens is 2. The molecule has 0 fully saturated rings. The minimum absolute atomic E-state index is 0.131. The number of rotatable bonds is 7. The molecule has 2 amide bonds.